The molecule has 0 saturated heterocycles. The Bertz CT molecular complexity index is 1190. The number of rotatable bonds is 5. The minimum absolute atomic E-state index is 0.155. The molecule has 3 N–H and O–H groups in total. The highest BCUT2D eigenvalue weighted by Gasteiger charge is 2.33. The van der Waals surface area contributed by atoms with Gasteiger partial charge >= 0.3 is 6.18 Å². The number of anilines is 1. The van der Waals surface area contributed by atoms with Crippen molar-refractivity contribution in [2.24, 2.45) is 4.99 Å². The molecule has 34 heavy (non-hydrogen) atoms. The summed E-state index contributed by atoms with van der Waals surface area (Å²) in [7, 11) is 0. The maximum Gasteiger partial charge on any atom is 0.432 e. The minimum atomic E-state index is -4.65. The summed E-state index contributed by atoms with van der Waals surface area (Å²) in [6.45, 7) is 4.26. The molecular weight excluding hydrogens is 457 g/mol. The Labute approximate surface area is 192 Å². The number of guanidine groups is 1. The molecule has 6 nitrogen and oxygen atoms in total. The lowest BCUT2D eigenvalue weighted by atomic mass is 9.99. The van der Waals surface area contributed by atoms with Gasteiger partial charge in [0.1, 0.15) is 17.2 Å². The zero-order valence-electron chi connectivity index (χ0n) is 18.5. The summed E-state index contributed by atoms with van der Waals surface area (Å²) in [4.78, 5) is 16.8. The topological polar surface area (TPSA) is 82.2 Å². The van der Waals surface area contributed by atoms with Crippen LogP contribution in [-0.4, -0.2) is 22.1 Å². The van der Waals surface area contributed by atoms with E-state index in [-0.39, 0.29) is 29.4 Å². The first-order chi connectivity index (χ1) is 15.8. The molecule has 3 rings (SSSR count). The summed E-state index contributed by atoms with van der Waals surface area (Å²) >= 11 is 0. The molecule has 1 amide bonds. The number of aryl methyl sites for hydroxylation is 1. The molecule has 0 aliphatic rings. The van der Waals surface area contributed by atoms with E-state index >= 15 is 0 Å². The summed E-state index contributed by atoms with van der Waals surface area (Å²) in [6, 6.07) is 10.9. The number of carbonyl (C=O) groups is 1. The fourth-order valence-electron chi connectivity index (χ4n) is 2.91. The maximum absolute atomic E-state index is 14.2. The monoisotopic (exact) mass is 479 g/mol. The zero-order chi connectivity index (χ0) is 25.1. The number of halogens is 5. The third kappa shape index (κ3) is 6.40. The second-order valence-corrected chi connectivity index (χ2v) is 8.05. The number of aromatic amines is 1. The third-order valence-corrected chi connectivity index (χ3v) is 4.81. The van der Waals surface area contributed by atoms with E-state index in [0.29, 0.717) is 17.2 Å². The minimum Gasteiger partial charge on any atom is -0.309 e. The molecule has 1 heterocycles. The van der Waals surface area contributed by atoms with E-state index in [1.807, 2.05) is 5.10 Å². The first-order valence-electron chi connectivity index (χ1n) is 10.1. The first-order valence-corrected chi connectivity index (χ1v) is 10.1. The Morgan fingerprint density at radius 2 is 1.74 bits per heavy atom. The number of H-pyrrole nitrogens is 1. The van der Waals surface area contributed by atoms with Crippen molar-refractivity contribution in [3.63, 3.8) is 0 Å². The van der Waals surface area contributed by atoms with Crippen molar-refractivity contribution in [1.82, 2.24) is 15.5 Å². The van der Waals surface area contributed by atoms with Crippen molar-refractivity contribution in [1.29, 1.82) is 0 Å². The van der Waals surface area contributed by atoms with Gasteiger partial charge in [-0.15, -0.1) is 0 Å². The number of aromatic nitrogens is 2. The van der Waals surface area contributed by atoms with Crippen LogP contribution in [-0.2, 0) is 18.4 Å². The van der Waals surface area contributed by atoms with E-state index in [2.05, 4.69) is 20.7 Å². The highest BCUT2D eigenvalue weighted by atomic mass is 19.4. The molecule has 0 saturated carbocycles. The Morgan fingerprint density at radius 3 is 2.29 bits per heavy atom. The molecule has 0 bridgehead atoms. The van der Waals surface area contributed by atoms with Gasteiger partial charge in [0.05, 0.1) is 6.54 Å². The molecule has 0 aliphatic heterocycles. The van der Waals surface area contributed by atoms with Gasteiger partial charge in [-0.25, -0.2) is 13.8 Å². The number of amides is 1. The highest BCUT2D eigenvalue weighted by Crippen LogP contribution is 2.28. The van der Waals surface area contributed by atoms with Gasteiger partial charge in [0.25, 0.3) is 5.91 Å². The lowest BCUT2D eigenvalue weighted by Gasteiger charge is -2.15. The fraction of sp³-hybridized carbons (Fsp3) is 0.261. The van der Waals surface area contributed by atoms with Crippen molar-refractivity contribution in [3.05, 3.63) is 82.3 Å². The molecule has 0 radical (unpaired) electrons. The van der Waals surface area contributed by atoms with Gasteiger partial charge in [-0.2, -0.15) is 18.3 Å². The number of hydrogen-bond donors (Lipinski definition) is 3. The number of aliphatic imine (C=N–C) groups is 1. The van der Waals surface area contributed by atoms with Crippen LogP contribution in [0.3, 0.4) is 0 Å². The van der Waals surface area contributed by atoms with Crippen molar-refractivity contribution >= 4 is 17.7 Å². The van der Waals surface area contributed by atoms with E-state index < -0.39 is 29.3 Å². The second kappa shape index (κ2) is 9.62. The Balaban J connectivity index is 1.84. The normalized spacial score (nSPS) is 12.5. The van der Waals surface area contributed by atoms with Gasteiger partial charge < -0.3 is 5.32 Å². The zero-order valence-corrected chi connectivity index (χ0v) is 18.5. The summed E-state index contributed by atoms with van der Waals surface area (Å²) in [5.74, 6) is -1.69. The van der Waals surface area contributed by atoms with Crippen LogP contribution in [0.1, 0.15) is 46.6 Å². The van der Waals surface area contributed by atoms with Gasteiger partial charge in [0.15, 0.2) is 5.82 Å². The second-order valence-electron chi connectivity index (χ2n) is 8.05. The van der Waals surface area contributed by atoms with E-state index in [1.165, 1.54) is 50.2 Å². The van der Waals surface area contributed by atoms with Gasteiger partial charge in [-0.3, -0.25) is 15.2 Å². The van der Waals surface area contributed by atoms with Crippen LogP contribution >= 0.6 is 0 Å². The van der Waals surface area contributed by atoms with E-state index in [4.69, 9.17) is 0 Å². The Morgan fingerprint density at radius 1 is 1.06 bits per heavy atom. The van der Waals surface area contributed by atoms with Crippen LogP contribution in [0.5, 0.6) is 0 Å². The van der Waals surface area contributed by atoms with E-state index in [9.17, 15) is 26.7 Å². The number of nitrogens with one attached hydrogen (secondary N) is 3. The van der Waals surface area contributed by atoms with Crippen molar-refractivity contribution in [2.75, 3.05) is 5.32 Å². The van der Waals surface area contributed by atoms with Gasteiger partial charge in [0.2, 0.25) is 5.96 Å². The fourth-order valence-corrected chi connectivity index (χ4v) is 2.91. The average molecular weight is 479 g/mol. The lowest BCUT2D eigenvalue weighted by Crippen LogP contribution is -2.36. The standard InChI is InChI=1S/C23H22F5N5O/c1-13-4-5-15(17(24)10-13)12-29-21(30-19-11-18(32-33-19)23(26,27)28)31-20(34)14-6-8-16(9-7-14)22(2,3)25/h4-11H,12H2,1-3H3,(H3,29,30,31,32,33,34). The lowest BCUT2D eigenvalue weighted by molar-refractivity contribution is -0.141. The molecule has 1 aromatic heterocycles. The first kappa shape index (κ1) is 24.9. The quantitative estimate of drug-likeness (QED) is 0.258. The summed E-state index contributed by atoms with van der Waals surface area (Å²) in [5, 5.41) is 10.3. The number of nitrogens with zero attached hydrogens (tertiary/aromatic N) is 2. The maximum atomic E-state index is 14.2. The Kier molecular flexibility index (Phi) is 7.04. The summed E-state index contributed by atoms with van der Waals surface area (Å²) in [6.07, 6.45) is -4.65. The predicted octanol–water partition coefficient (Wildman–Crippen LogP) is 5.48. The molecule has 11 heteroatoms. The van der Waals surface area contributed by atoms with Crippen LogP contribution in [0.25, 0.3) is 0 Å². The van der Waals surface area contributed by atoms with Gasteiger partial charge in [0, 0.05) is 17.2 Å². The SMILES string of the molecule is Cc1ccc(CN=C(NC(=O)c2ccc(C(C)(C)F)cc2)Nc2cc(C(F)(F)F)[nH]n2)c(F)c1. The van der Waals surface area contributed by atoms with Crippen LogP contribution in [0, 0.1) is 12.7 Å². The van der Waals surface area contributed by atoms with Crippen molar-refractivity contribution < 1.29 is 26.7 Å². The molecule has 2 aromatic carbocycles. The molecule has 3 aromatic rings. The van der Waals surface area contributed by atoms with Gasteiger partial charge in [-0.1, -0.05) is 24.3 Å². The van der Waals surface area contributed by atoms with E-state index in [1.54, 1.807) is 13.0 Å². The number of benzene rings is 2. The number of carbonyl (C=O) groups excluding carboxylic acids is 1. The van der Waals surface area contributed by atoms with Crippen molar-refractivity contribution in [3.8, 4) is 0 Å². The van der Waals surface area contributed by atoms with E-state index in [0.717, 1.165) is 0 Å². The number of alkyl halides is 4. The number of hydrogen-bond acceptors (Lipinski definition) is 3. The van der Waals surface area contributed by atoms with Crippen molar-refractivity contribution in [2.45, 2.75) is 39.2 Å². The Hall–Kier alpha value is -3.76. The molecule has 0 atom stereocenters. The molecule has 0 aliphatic carbocycles. The molecule has 0 spiro atoms. The molecule has 0 unspecified atom stereocenters. The van der Waals surface area contributed by atoms with Crippen LogP contribution < -0.4 is 10.6 Å². The summed E-state index contributed by atoms with van der Waals surface area (Å²) < 4.78 is 66.8. The van der Waals surface area contributed by atoms with Crippen LogP contribution in [0.4, 0.5) is 27.8 Å². The smallest absolute Gasteiger partial charge is 0.309 e. The highest BCUT2D eigenvalue weighted by molar-refractivity contribution is 6.09. The molecule has 0 fully saturated rings. The third-order valence-electron chi connectivity index (χ3n) is 4.81. The van der Waals surface area contributed by atoms with Crippen LogP contribution in [0.2, 0.25) is 0 Å². The summed E-state index contributed by atoms with van der Waals surface area (Å²) in [5.41, 5.74) is -1.27. The largest absolute Gasteiger partial charge is 0.432 e. The van der Waals surface area contributed by atoms with Crippen LogP contribution in [0.15, 0.2) is 53.5 Å². The average Bonchev–Trinajstić information content (AvgIpc) is 3.21. The molecular formula is C23H22F5N5O. The molecule has 180 valence electrons. The van der Waals surface area contributed by atoms with Gasteiger partial charge in [-0.05, 0) is 50.1 Å². The predicted molar refractivity (Wildman–Crippen MR) is 118 cm³/mol.